The lowest BCUT2D eigenvalue weighted by molar-refractivity contribution is -0.142. The van der Waals surface area contributed by atoms with Crippen molar-refractivity contribution in [3.63, 3.8) is 0 Å². The number of benzene rings is 2. The molecule has 0 aliphatic heterocycles. The van der Waals surface area contributed by atoms with Gasteiger partial charge in [-0.2, -0.15) is 0 Å². The fourth-order valence-corrected chi connectivity index (χ4v) is 1.79. The Bertz CT molecular complexity index is 699. The molecule has 118 valence electrons. The van der Waals surface area contributed by atoms with Gasteiger partial charge >= 0.3 is 11.9 Å². The fourth-order valence-electron chi connectivity index (χ4n) is 1.79. The largest absolute Gasteiger partial charge is 0.478 e. The molecule has 5 heteroatoms. The number of ether oxygens (including phenoxy) is 2. The average molecular weight is 312 g/mol. The first-order chi connectivity index (χ1) is 11.0. The minimum Gasteiger partial charge on any atom is -0.478 e. The molecule has 0 amide bonds. The van der Waals surface area contributed by atoms with Crippen molar-refractivity contribution in [2.75, 3.05) is 0 Å². The lowest BCUT2D eigenvalue weighted by Gasteiger charge is -2.07. The Kier molecular flexibility index (Phi) is 5.52. The van der Waals surface area contributed by atoms with Crippen LogP contribution in [0.3, 0.4) is 0 Å². The van der Waals surface area contributed by atoms with Crippen LogP contribution in [0.5, 0.6) is 11.5 Å². The summed E-state index contributed by atoms with van der Waals surface area (Å²) in [6.45, 7) is 1.60. The number of esters is 1. The summed E-state index contributed by atoms with van der Waals surface area (Å²) in [5.74, 6) is -0.00264. The summed E-state index contributed by atoms with van der Waals surface area (Å²) in [6, 6.07) is 14.3. The number of hydrogen-bond donors (Lipinski definition) is 1. The predicted molar refractivity (Wildman–Crippen MR) is 85.1 cm³/mol. The SMILES string of the molecule is CC(=O)OCc1ccc(Oc2ccc(C=CC(=O)O)cc2)cc1. The molecule has 0 aliphatic rings. The minimum atomic E-state index is -0.987. The van der Waals surface area contributed by atoms with Gasteiger partial charge < -0.3 is 14.6 Å². The zero-order valence-electron chi connectivity index (χ0n) is 12.6. The molecule has 0 heterocycles. The van der Waals surface area contributed by atoms with Crippen molar-refractivity contribution in [3.8, 4) is 11.5 Å². The van der Waals surface area contributed by atoms with E-state index in [9.17, 15) is 9.59 Å². The van der Waals surface area contributed by atoms with E-state index in [-0.39, 0.29) is 12.6 Å². The Balaban J connectivity index is 1.96. The molecule has 0 atom stereocenters. The van der Waals surface area contributed by atoms with E-state index in [0.29, 0.717) is 11.5 Å². The third-order valence-electron chi connectivity index (χ3n) is 2.90. The van der Waals surface area contributed by atoms with E-state index < -0.39 is 5.97 Å². The summed E-state index contributed by atoms with van der Waals surface area (Å²) in [6.07, 6.45) is 2.59. The molecular weight excluding hydrogens is 296 g/mol. The standard InChI is InChI=1S/C18H16O5/c1-13(19)22-12-15-4-9-17(10-5-15)23-16-7-2-14(3-8-16)6-11-18(20)21/h2-11H,12H2,1H3,(H,20,21). The Labute approximate surface area is 133 Å². The van der Waals surface area contributed by atoms with Crippen LogP contribution in [0.2, 0.25) is 0 Å². The van der Waals surface area contributed by atoms with E-state index in [0.717, 1.165) is 17.2 Å². The van der Waals surface area contributed by atoms with Crippen LogP contribution >= 0.6 is 0 Å². The van der Waals surface area contributed by atoms with Crippen LogP contribution in [0, 0.1) is 0 Å². The van der Waals surface area contributed by atoms with Crippen LogP contribution in [0.1, 0.15) is 18.1 Å². The molecule has 0 aliphatic carbocycles. The molecule has 2 aromatic carbocycles. The molecule has 0 spiro atoms. The second-order valence-electron chi connectivity index (χ2n) is 4.77. The summed E-state index contributed by atoms with van der Waals surface area (Å²) in [4.78, 5) is 21.2. The molecule has 0 aromatic heterocycles. The molecular formula is C18H16O5. The van der Waals surface area contributed by atoms with Crippen LogP contribution in [0.25, 0.3) is 6.08 Å². The van der Waals surface area contributed by atoms with Gasteiger partial charge in [0, 0.05) is 13.0 Å². The molecule has 0 radical (unpaired) electrons. The first-order valence-electron chi connectivity index (χ1n) is 6.94. The van der Waals surface area contributed by atoms with Crippen molar-refractivity contribution in [2.24, 2.45) is 0 Å². The lowest BCUT2D eigenvalue weighted by Crippen LogP contribution is -1.98. The van der Waals surface area contributed by atoms with Gasteiger partial charge in [-0.3, -0.25) is 4.79 Å². The molecule has 0 fully saturated rings. The van der Waals surface area contributed by atoms with Gasteiger partial charge in [0.25, 0.3) is 0 Å². The number of rotatable bonds is 6. The smallest absolute Gasteiger partial charge is 0.328 e. The summed E-state index contributed by atoms with van der Waals surface area (Å²) in [5.41, 5.74) is 1.65. The molecule has 0 bridgehead atoms. The Morgan fingerprint density at radius 3 is 2.09 bits per heavy atom. The maximum Gasteiger partial charge on any atom is 0.328 e. The summed E-state index contributed by atoms with van der Waals surface area (Å²) < 4.78 is 10.6. The molecule has 5 nitrogen and oxygen atoms in total. The second kappa shape index (κ2) is 7.79. The van der Waals surface area contributed by atoms with Crippen molar-refractivity contribution >= 4 is 18.0 Å². The van der Waals surface area contributed by atoms with E-state index in [1.165, 1.54) is 13.0 Å². The summed E-state index contributed by atoms with van der Waals surface area (Å²) >= 11 is 0. The average Bonchev–Trinajstić information content (AvgIpc) is 2.53. The van der Waals surface area contributed by atoms with Gasteiger partial charge in [-0.05, 0) is 41.5 Å². The normalized spacial score (nSPS) is 10.5. The third kappa shape index (κ3) is 5.67. The van der Waals surface area contributed by atoms with Crippen molar-refractivity contribution in [1.29, 1.82) is 0 Å². The monoisotopic (exact) mass is 312 g/mol. The molecule has 0 saturated carbocycles. The van der Waals surface area contributed by atoms with Gasteiger partial charge in [0.15, 0.2) is 0 Å². The zero-order valence-corrected chi connectivity index (χ0v) is 12.6. The Hall–Kier alpha value is -3.08. The van der Waals surface area contributed by atoms with E-state index in [2.05, 4.69) is 0 Å². The molecule has 23 heavy (non-hydrogen) atoms. The van der Waals surface area contributed by atoms with Crippen molar-refractivity contribution in [3.05, 3.63) is 65.7 Å². The highest BCUT2D eigenvalue weighted by atomic mass is 16.5. The highest BCUT2D eigenvalue weighted by Crippen LogP contribution is 2.22. The zero-order chi connectivity index (χ0) is 16.7. The van der Waals surface area contributed by atoms with E-state index in [1.807, 2.05) is 12.1 Å². The van der Waals surface area contributed by atoms with Crippen LogP contribution in [0.4, 0.5) is 0 Å². The van der Waals surface area contributed by atoms with E-state index in [1.54, 1.807) is 36.4 Å². The molecule has 0 unspecified atom stereocenters. The molecule has 0 saturated heterocycles. The highest BCUT2D eigenvalue weighted by Gasteiger charge is 2.00. The lowest BCUT2D eigenvalue weighted by atomic mass is 10.2. The predicted octanol–water partition coefficient (Wildman–Crippen LogP) is 3.64. The van der Waals surface area contributed by atoms with Crippen LogP contribution in [-0.2, 0) is 20.9 Å². The van der Waals surface area contributed by atoms with Gasteiger partial charge in [-0.1, -0.05) is 24.3 Å². The number of carboxylic acid groups (broad SMARTS) is 1. The summed E-state index contributed by atoms with van der Waals surface area (Å²) in [7, 11) is 0. The number of carbonyl (C=O) groups is 2. The Morgan fingerprint density at radius 1 is 1.00 bits per heavy atom. The molecule has 2 aromatic rings. The number of hydrogen-bond acceptors (Lipinski definition) is 4. The summed E-state index contributed by atoms with van der Waals surface area (Å²) in [5, 5.41) is 8.58. The van der Waals surface area contributed by atoms with E-state index >= 15 is 0 Å². The van der Waals surface area contributed by atoms with Crippen LogP contribution < -0.4 is 4.74 Å². The van der Waals surface area contributed by atoms with E-state index in [4.69, 9.17) is 14.6 Å². The fraction of sp³-hybridized carbons (Fsp3) is 0.111. The van der Waals surface area contributed by atoms with Crippen molar-refractivity contribution in [2.45, 2.75) is 13.5 Å². The van der Waals surface area contributed by atoms with Crippen LogP contribution in [0.15, 0.2) is 54.6 Å². The highest BCUT2D eigenvalue weighted by molar-refractivity contribution is 5.85. The number of aliphatic carboxylic acids is 1. The topological polar surface area (TPSA) is 72.8 Å². The van der Waals surface area contributed by atoms with Gasteiger partial charge in [0.2, 0.25) is 0 Å². The third-order valence-corrected chi connectivity index (χ3v) is 2.90. The number of carbonyl (C=O) groups excluding carboxylic acids is 1. The first kappa shape index (κ1) is 16.3. The molecule has 2 rings (SSSR count). The van der Waals surface area contributed by atoms with Gasteiger partial charge in [0.1, 0.15) is 18.1 Å². The maximum absolute atomic E-state index is 10.8. The van der Waals surface area contributed by atoms with Crippen molar-refractivity contribution < 1.29 is 24.2 Å². The number of carboxylic acids is 1. The van der Waals surface area contributed by atoms with Gasteiger partial charge in [0.05, 0.1) is 0 Å². The van der Waals surface area contributed by atoms with Gasteiger partial charge in [-0.15, -0.1) is 0 Å². The first-order valence-corrected chi connectivity index (χ1v) is 6.94. The van der Waals surface area contributed by atoms with Crippen molar-refractivity contribution in [1.82, 2.24) is 0 Å². The molecule has 1 N–H and O–H groups in total. The maximum atomic E-state index is 10.8. The van der Waals surface area contributed by atoms with Crippen LogP contribution in [-0.4, -0.2) is 17.0 Å². The Morgan fingerprint density at radius 2 is 1.57 bits per heavy atom. The quantitative estimate of drug-likeness (QED) is 0.651. The minimum absolute atomic E-state index is 0.236. The second-order valence-corrected chi connectivity index (χ2v) is 4.77. The van der Waals surface area contributed by atoms with Gasteiger partial charge in [-0.25, -0.2) is 4.79 Å².